The third kappa shape index (κ3) is 3.00. The second-order valence-electron chi connectivity index (χ2n) is 3.72. The first-order chi connectivity index (χ1) is 9.67. The van der Waals surface area contributed by atoms with Crippen LogP contribution in [0, 0.1) is 0 Å². The zero-order valence-corrected chi connectivity index (χ0v) is 12.1. The zero-order valence-electron chi connectivity index (χ0n) is 10.5. The second kappa shape index (κ2) is 6.54. The van der Waals surface area contributed by atoms with Gasteiger partial charge in [0.25, 0.3) is 0 Å². The van der Waals surface area contributed by atoms with Gasteiger partial charge in [0.05, 0.1) is 17.7 Å². The number of aromatic nitrogens is 1. The summed E-state index contributed by atoms with van der Waals surface area (Å²) < 4.78 is 4.71. The van der Waals surface area contributed by atoms with E-state index in [1.807, 2.05) is 0 Å². The second-order valence-corrected chi connectivity index (χ2v) is 5.16. The number of rotatable bonds is 4. The number of ether oxygens (including phenoxy) is 1. The van der Waals surface area contributed by atoms with Crippen LogP contribution in [0.2, 0.25) is 5.02 Å². The fourth-order valence-electron chi connectivity index (χ4n) is 1.56. The van der Waals surface area contributed by atoms with Crippen molar-refractivity contribution in [1.82, 2.24) is 4.98 Å². The number of hydrogen-bond acceptors (Lipinski definition) is 5. The molecule has 0 aliphatic rings. The Kier molecular flexibility index (Phi) is 4.76. The maximum atomic E-state index is 11.7. The van der Waals surface area contributed by atoms with Gasteiger partial charge in [0, 0.05) is 16.7 Å². The Morgan fingerprint density at radius 3 is 2.85 bits per heavy atom. The Morgan fingerprint density at radius 1 is 1.35 bits per heavy atom. The molecule has 6 heteroatoms. The quantitative estimate of drug-likeness (QED) is 0.639. The topological polar surface area (TPSA) is 56.3 Å². The standard InChI is InChI=1S/C14H10ClNO3S/c1-19-14(18)9-4-3-7-16-13(9)20-12-6-2-5-11(15)10(12)8-17/h2-8H,1H3. The number of pyridine rings is 1. The molecule has 2 rings (SSSR count). The molecule has 0 amide bonds. The molecule has 0 bridgehead atoms. The minimum absolute atomic E-state index is 0.344. The molecule has 102 valence electrons. The molecule has 1 heterocycles. The summed E-state index contributed by atoms with van der Waals surface area (Å²) in [6.45, 7) is 0. The summed E-state index contributed by atoms with van der Waals surface area (Å²) in [5.74, 6) is -0.477. The van der Waals surface area contributed by atoms with Crippen molar-refractivity contribution < 1.29 is 14.3 Å². The maximum Gasteiger partial charge on any atom is 0.340 e. The number of methoxy groups -OCH3 is 1. The fraction of sp³-hybridized carbons (Fsp3) is 0.0714. The summed E-state index contributed by atoms with van der Waals surface area (Å²) in [5, 5.41) is 0.824. The molecule has 0 saturated heterocycles. The van der Waals surface area contributed by atoms with Gasteiger partial charge in [-0.1, -0.05) is 29.4 Å². The molecule has 0 radical (unpaired) electrons. The van der Waals surface area contributed by atoms with E-state index >= 15 is 0 Å². The van der Waals surface area contributed by atoms with E-state index in [0.29, 0.717) is 32.4 Å². The smallest absolute Gasteiger partial charge is 0.340 e. The van der Waals surface area contributed by atoms with Crippen molar-refractivity contribution in [3.05, 3.63) is 52.7 Å². The molecule has 20 heavy (non-hydrogen) atoms. The Balaban J connectivity index is 2.43. The van der Waals surface area contributed by atoms with Crippen LogP contribution in [0.5, 0.6) is 0 Å². The van der Waals surface area contributed by atoms with Crippen LogP contribution in [0.3, 0.4) is 0 Å². The monoisotopic (exact) mass is 307 g/mol. The van der Waals surface area contributed by atoms with Gasteiger partial charge in [0.15, 0.2) is 6.29 Å². The highest BCUT2D eigenvalue weighted by atomic mass is 35.5. The van der Waals surface area contributed by atoms with Gasteiger partial charge < -0.3 is 4.74 Å². The maximum absolute atomic E-state index is 11.7. The van der Waals surface area contributed by atoms with Gasteiger partial charge in [-0.2, -0.15) is 0 Å². The number of halogens is 1. The summed E-state index contributed by atoms with van der Waals surface area (Å²) in [5.41, 5.74) is 0.720. The summed E-state index contributed by atoms with van der Waals surface area (Å²) in [4.78, 5) is 27.6. The lowest BCUT2D eigenvalue weighted by atomic mass is 10.2. The first-order valence-electron chi connectivity index (χ1n) is 5.62. The molecule has 1 aromatic heterocycles. The van der Waals surface area contributed by atoms with Crippen LogP contribution in [0.15, 0.2) is 46.5 Å². The molecule has 0 spiro atoms. The number of benzene rings is 1. The van der Waals surface area contributed by atoms with Crippen LogP contribution in [0.25, 0.3) is 0 Å². The van der Waals surface area contributed by atoms with Crippen LogP contribution < -0.4 is 0 Å². The number of nitrogens with zero attached hydrogens (tertiary/aromatic N) is 1. The highest BCUT2D eigenvalue weighted by Crippen LogP contribution is 2.33. The first kappa shape index (κ1) is 14.6. The van der Waals surface area contributed by atoms with Gasteiger partial charge in [-0.05, 0) is 24.3 Å². The minimum Gasteiger partial charge on any atom is -0.465 e. The van der Waals surface area contributed by atoms with E-state index in [-0.39, 0.29) is 0 Å². The summed E-state index contributed by atoms with van der Waals surface area (Å²) in [7, 11) is 1.31. The number of hydrogen-bond donors (Lipinski definition) is 0. The molecule has 1 aromatic carbocycles. The van der Waals surface area contributed by atoms with Crippen LogP contribution in [-0.4, -0.2) is 24.3 Å². The summed E-state index contributed by atoms with van der Waals surface area (Å²) >= 11 is 7.16. The third-order valence-corrected chi connectivity index (χ3v) is 3.94. The average Bonchev–Trinajstić information content (AvgIpc) is 2.47. The highest BCUT2D eigenvalue weighted by Gasteiger charge is 2.15. The van der Waals surface area contributed by atoms with Crippen molar-refractivity contribution in [2.75, 3.05) is 7.11 Å². The average molecular weight is 308 g/mol. The Bertz CT molecular complexity index is 661. The minimum atomic E-state index is -0.477. The molecule has 0 aliphatic heterocycles. The van der Waals surface area contributed by atoms with Crippen molar-refractivity contribution in [2.45, 2.75) is 9.92 Å². The van der Waals surface area contributed by atoms with E-state index < -0.39 is 5.97 Å². The highest BCUT2D eigenvalue weighted by molar-refractivity contribution is 7.99. The Hall–Kier alpha value is -1.85. The Labute approximate surface area is 125 Å². The molecule has 0 fully saturated rings. The van der Waals surface area contributed by atoms with E-state index in [9.17, 15) is 9.59 Å². The van der Waals surface area contributed by atoms with E-state index in [1.165, 1.54) is 18.9 Å². The molecule has 0 unspecified atom stereocenters. The lowest BCUT2D eigenvalue weighted by Crippen LogP contribution is -2.04. The van der Waals surface area contributed by atoms with Gasteiger partial charge >= 0.3 is 5.97 Å². The number of carbonyl (C=O) groups excluding carboxylic acids is 2. The van der Waals surface area contributed by atoms with Crippen LogP contribution >= 0.6 is 23.4 Å². The Morgan fingerprint density at radius 2 is 2.15 bits per heavy atom. The van der Waals surface area contributed by atoms with Crippen molar-refractivity contribution in [3.63, 3.8) is 0 Å². The predicted octanol–water partition coefficient (Wildman–Crippen LogP) is 3.49. The largest absolute Gasteiger partial charge is 0.465 e. The summed E-state index contributed by atoms with van der Waals surface area (Å²) in [6.07, 6.45) is 2.26. The number of carbonyl (C=O) groups is 2. The predicted molar refractivity (Wildman–Crippen MR) is 76.5 cm³/mol. The van der Waals surface area contributed by atoms with E-state index in [0.717, 1.165) is 0 Å². The molecular formula is C14H10ClNO3S. The zero-order chi connectivity index (χ0) is 14.5. The van der Waals surface area contributed by atoms with Crippen molar-refractivity contribution in [1.29, 1.82) is 0 Å². The van der Waals surface area contributed by atoms with Crippen molar-refractivity contribution in [2.24, 2.45) is 0 Å². The molecule has 0 atom stereocenters. The molecule has 0 N–H and O–H groups in total. The van der Waals surface area contributed by atoms with Gasteiger partial charge in [0.1, 0.15) is 5.03 Å². The van der Waals surface area contributed by atoms with Gasteiger partial charge in [-0.3, -0.25) is 4.79 Å². The van der Waals surface area contributed by atoms with Gasteiger partial charge in [-0.15, -0.1) is 0 Å². The first-order valence-corrected chi connectivity index (χ1v) is 6.81. The lowest BCUT2D eigenvalue weighted by molar-refractivity contribution is 0.0595. The number of esters is 1. The lowest BCUT2D eigenvalue weighted by Gasteiger charge is -2.08. The molecule has 0 saturated carbocycles. The SMILES string of the molecule is COC(=O)c1cccnc1Sc1cccc(Cl)c1C=O. The molecule has 0 aliphatic carbocycles. The van der Waals surface area contributed by atoms with E-state index in [2.05, 4.69) is 4.98 Å². The van der Waals surface area contributed by atoms with Crippen LogP contribution in [0.1, 0.15) is 20.7 Å². The normalized spacial score (nSPS) is 10.1. The number of aldehydes is 1. The van der Waals surface area contributed by atoms with Gasteiger partial charge in [-0.25, -0.2) is 9.78 Å². The van der Waals surface area contributed by atoms with Crippen LogP contribution in [-0.2, 0) is 4.74 Å². The van der Waals surface area contributed by atoms with Crippen molar-refractivity contribution >= 4 is 35.6 Å². The third-order valence-electron chi connectivity index (χ3n) is 2.51. The molecular weight excluding hydrogens is 298 g/mol. The van der Waals surface area contributed by atoms with Crippen LogP contribution in [0.4, 0.5) is 0 Å². The van der Waals surface area contributed by atoms with Crippen molar-refractivity contribution in [3.8, 4) is 0 Å². The molecule has 2 aromatic rings. The molecule has 4 nitrogen and oxygen atoms in total. The van der Waals surface area contributed by atoms with Gasteiger partial charge in [0.2, 0.25) is 0 Å². The van der Waals surface area contributed by atoms with E-state index in [1.54, 1.807) is 36.5 Å². The van der Waals surface area contributed by atoms with E-state index in [4.69, 9.17) is 16.3 Å². The fourth-order valence-corrected chi connectivity index (χ4v) is 2.84. The summed E-state index contributed by atoms with van der Waals surface area (Å²) in [6, 6.07) is 8.38.